The highest BCUT2D eigenvalue weighted by Crippen LogP contribution is 2.53. The Morgan fingerprint density at radius 2 is 1.71 bits per heavy atom. The fourth-order valence-electron chi connectivity index (χ4n) is 2.14. The van der Waals surface area contributed by atoms with Crippen LogP contribution in [-0.4, -0.2) is 65.4 Å². The average molecular weight is 409 g/mol. The fourth-order valence-corrected chi connectivity index (χ4v) is 2.14. The van der Waals surface area contributed by atoms with Crippen LogP contribution in [0.15, 0.2) is 18.2 Å². The first-order valence-corrected chi connectivity index (χ1v) is 7.27. The minimum Gasteiger partial charge on any atom is -0.479 e. The Hall–Kier alpha value is -3.03. The van der Waals surface area contributed by atoms with Crippen molar-refractivity contribution in [2.75, 3.05) is 20.2 Å². The number of aliphatic carboxylic acids is 3. The largest absolute Gasteiger partial charge is 0.490 e. The van der Waals surface area contributed by atoms with Crippen LogP contribution in [0.5, 0.6) is 0 Å². The van der Waals surface area contributed by atoms with Crippen LogP contribution < -0.4 is 5.32 Å². The molecule has 2 rings (SSSR count). The maximum Gasteiger partial charge on any atom is 0.490 e. The van der Waals surface area contributed by atoms with E-state index >= 15 is 0 Å². The minimum atomic E-state index is -5.08. The van der Waals surface area contributed by atoms with E-state index < -0.39 is 36.3 Å². The van der Waals surface area contributed by atoms with Gasteiger partial charge >= 0.3 is 24.1 Å². The van der Waals surface area contributed by atoms with Gasteiger partial charge in [0.25, 0.3) is 5.60 Å². The maximum atomic E-state index is 11.9. The second-order valence-electron chi connectivity index (χ2n) is 5.21. The second-order valence-corrected chi connectivity index (χ2v) is 5.21. The Bertz CT molecular complexity index is 793. The van der Waals surface area contributed by atoms with Crippen molar-refractivity contribution in [3.63, 3.8) is 0 Å². The normalized spacial score (nSPS) is 17.0. The second kappa shape index (κ2) is 8.77. The van der Waals surface area contributed by atoms with Gasteiger partial charge in [-0.3, -0.25) is 4.79 Å². The number of rotatable bonds is 8. The van der Waals surface area contributed by atoms with E-state index in [0.717, 1.165) is 0 Å². The third-order valence-electron chi connectivity index (χ3n) is 3.28. The average Bonchev–Trinajstić information content (AvgIpc) is 3.24. The lowest BCUT2D eigenvalue weighted by Gasteiger charge is -2.11. The van der Waals surface area contributed by atoms with Crippen molar-refractivity contribution >= 4 is 23.7 Å². The summed E-state index contributed by atoms with van der Waals surface area (Å²) in [5.41, 5.74) is -1.22. The zero-order valence-electron chi connectivity index (χ0n) is 14.1. The van der Waals surface area contributed by atoms with Crippen LogP contribution in [0.4, 0.5) is 13.2 Å². The monoisotopic (exact) mass is 409 g/mol. The van der Waals surface area contributed by atoms with Crippen LogP contribution in [0.25, 0.3) is 0 Å². The number of hydrogen-bond acceptors (Lipinski definition) is 7. The molecule has 0 heterocycles. The van der Waals surface area contributed by atoms with Gasteiger partial charge in [0, 0.05) is 16.7 Å². The molecule has 1 aromatic carbocycles. The molecule has 0 saturated carbocycles. The first kappa shape index (κ1) is 23.0. The third-order valence-corrected chi connectivity index (χ3v) is 3.28. The number of ketones is 1. The number of benzene rings is 1. The quantitative estimate of drug-likeness (QED) is 0.269. The zero-order valence-corrected chi connectivity index (χ0v) is 14.1. The molecule has 0 spiro atoms. The van der Waals surface area contributed by atoms with Gasteiger partial charge in [-0.15, -0.1) is 0 Å². The minimum absolute atomic E-state index is 0.0438. The molecule has 0 amide bonds. The Morgan fingerprint density at radius 1 is 1.14 bits per heavy atom. The Kier molecular flexibility index (Phi) is 7.21. The van der Waals surface area contributed by atoms with E-state index in [-0.39, 0.29) is 29.0 Å². The fraction of sp³-hybridized carbons (Fsp3) is 0.333. The van der Waals surface area contributed by atoms with Gasteiger partial charge in [0.05, 0.1) is 6.54 Å². The Labute approximate surface area is 154 Å². The predicted octanol–water partition coefficient (Wildman–Crippen LogP) is 0.396. The number of alkyl halides is 3. The molecular formula is C15H14F3NO9. The number of likely N-dealkylation sites (N-methyl/N-ethyl adjacent to an activating group) is 1. The SMILES string of the molecule is CNCC(=O)c1cccc2c1C2(OOCC(=O)O)C(=O)O.O=C(O)C(F)(F)F. The molecule has 13 heteroatoms. The number of Topliss-reactive ketones (excluding diaryl/α,β-unsaturated/α-hetero) is 1. The van der Waals surface area contributed by atoms with Gasteiger partial charge in [0.15, 0.2) is 12.4 Å². The lowest BCUT2D eigenvalue weighted by molar-refractivity contribution is -0.333. The lowest BCUT2D eigenvalue weighted by Crippen LogP contribution is -2.28. The van der Waals surface area contributed by atoms with Crippen molar-refractivity contribution in [1.29, 1.82) is 0 Å². The highest BCUT2D eigenvalue weighted by atomic mass is 19.4. The number of carbonyl (C=O) groups is 4. The first-order chi connectivity index (χ1) is 12.9. The van der Waals surface area contributed by atoms with E-state index in [2.05, 4.69) is 10.2 Å². The summed E-state index contributed by atoms with van der Waals surface area (Å²) in [7, 11) is 1.59. The molecule has 1 aliphatic rings. The van der Waals surface area contributed by atoms with E-state index in [1.54, 1.807) is 7.05 Å². The molecule has 28 heavy (non-hydrogen) atoms. The van der Waals surface area contributed by atoms with E-state index in [9.17, 15) is 32.7 Å². The third kappa shape index (κ3) is 5.03. The standard InChI is InChI=1S/C13H13NO7.C2HF3O2/c1-14-5-9(15)7-3-2-4-8-11(7)13(8,12(18)19)21-20-6-10(16)17;3-2(4,5)1(6)7/h2-4,14H,5-6H2,1H3,(H,16,17)(H,18,19);(H,6,7). The number of nitrogens with one attached hydrogen (secondary N) is 1. The van der Waals surface area contributed by atoms with Crippen molar-refractivity contribution < 1.29 is 57.4 Å². The molecule has 1 atom stereocenters. The van der Waals surface area contributed by atoms with Gasteiger partial charge in [-0.05, 0) is 7.05 Å². The first-order valence-electron chi connectivity index (χ1n) is 7.27. The van der Waals surface area contributed by atoms with Crippen LogP contribution in [0.1, 0.15) is 21.5 Å². The summed E-state index contributed by atoms with van der Waals surface area (Å²) < 4.78 is 31.7. The number of fused-ring (bicyclic) bond motifs is 1. The molecule has 4 N–H and O–H groups in total. The van der Waals surface area contributed by atoms with Crippen LogP contribution >= 0.6 is 0 Å². The highest BCUT2D eigenvalue weighted by molar-refractivity contribution is 6.06. The molecule has 0 radical (unpaired) electrons. The van der Waals surface area contributed by atoms with Crippen molar-refractivity contribution in [3.8, 4) is 0 Å². The van der Waals surface area contributed by atoms with Gasteiger partial charge in [-0.2, -0.15) is 13.2 Å². The number of hydrogen-bond donors (Lipinski definition) is 4. The van der Waals surface area contributed by atoms with E-state index in [0.29, 0.717) is 0 Å². The number of carbonyl (C=O) groups excluding carboxylic acids is 1. The predicted molar refractivity (Wildman–Crippen MR) is 81.5 cm³/mol. The number of halogens is 3. The zero-order chi connectivity index (χ0) is 21.7. The van der Waals surface area contributed by atoms with Crippen LogP contribution in [-0.2, 0) is 29.8 Å². The number of carboxylic acid groups (broad SMARTS) is 3. The summed E-state index contributed by atoms with van der Waals surface area (Å²) in [6.45, 7) is -0.759. The molecule has 10 nitrogen and oxygen atoms in total. The van der Waals surface area contributed by atoms with Crippen LogP contribution in [0.3, 0.4) is 0 Å². The van der Waals surface area contributed by atoms with Crippen LogP contribution in [0, 0.1) is 0 Å². The molecule has 1 aliphatic carbocycles. The maximum absolute atomic E-state index is 11.9. The van der Waals surface area contributed by atoms with Gasteiger partial charge in [0.2, 0.25) is 0 Å². The van der Waals surface area contributed by atoms with Crippen molar-refractivity contribution in [3.05, 3.63) is 34.9 Å². The molecule has 0 saturated heterocycles. The van der Waals surface area contributed by atoms with Crippen molar-refractivity contribution in [2.45, 2.75) is 11.8 Å². The summed E-state index contributed by atoms with van der Waals surface area (Å²) in [6.07, 6.45) is -5.08. The van der Waals surface area contributed by atoms with Gasteiger partial charge in [-0.1, -0.05) is 18.2 Å². The molecule has 0 fully saturated rings. The summed E-state index contributed by atoms with van der Waals surface area (Å²) in [4.78, 5) is 52.0. The summed E-state index contributed by atoms with van der Waals surface area (Å²) in [5, 5.41) is 27.6. The number of carboxylic acids is 3. The van der Waals surface area contributed by atoms with Crippen molar-refractivity contribution in [2.24, 2.45) is 0 Å². The van der Waals surface area contributed by atoms with Crippen molar-refractivity contribution in [1.82, 2.24) is 5.32 Å². The molecular weight excluding hydrogens is 395 g/mol. The summed E-state index contributed by atoms with van der Waals surface area (Å²) in [6, 6.07) is 4.51. The molecule has 0 aliphatic heterocycles. The molecule has 1 unspecified atom stereocenters. The van der Waals surface area contributed by atoms with Crippen LogP contribution in [0.2, 0.25) is 0 Å². The molecule has 154 valence electrons. The topological polar surface area (TPSA) is 159 Å². The van der Waals surface area contributed by atoms with Gasteiger partial charge < -0.3 is 20.6 Å². The summed E-state index contributed by atoms with van der Waals surface area (Å²) >= 11 is 0. The van der Waals surface area contributed by atoms with E-state index in [4.69, 9.17) is 19.9 Å². The Balaban J connectivity index is 0.000000480. The molecule has 0 bridgehead atoms. The van der Waals surface area contributed by atoms with E-state index in [1.165, 1.54) is 18.2 Å². The van der Waals surface area contributed by atoms with Gasteiger partial charge in [-0.25, -0.2) is 24.2 Å². The lowest BCUT2D eigenvalue weighted by atomic mass is 10.1. The van der Waals surface area contributed by atoms with E-state index in [1.807, 2.05) is 0 Å². The smallest absolute Gasteiger partial charge is 0.479 e. The molecule has 0 aromatic heterocycles. The van der Waals surface area contributed by atoms with Gasteiger partial charge in [0.1, 0.15) is 0 Å². The Morgan fingerprint density at radius 3 is 2.14 bits per heavy atom. The molecule has 1 aromatic rings. The highest BCUT2D eigenvalue weighted by Gasteiger charge is 2.63. The summed E-state index contributed by atoms with van der Waals surface area (Å²) in [5.74, 6) is -5.72.